The Morgan fingerprint density at radius 1 is 1.10 bits per heavy atom. The summed E-state index contributed by atoms with van der Waals surface area (Å²) in [5.74, 6) is -0.688. The molecule has 1 aliphatic carbocycles. The maximum absolute atomic E-state index is 11.7. The third-order valence-corrected chi connectivity index (χ3v) is 4.52. The predicted octanol–water partition coefficient (Wildman–Crippen LogP) is 4.73. The van der Waals surface area contributed by atoms with E-state index in [-0.39, 0.29) is 11.3 Å². The van der Waals surface area contributed by atoms with Crippen molar-refractivity contribution in [3.8, 4) is 0 Å². The lowest BCUT2D eigenvalue weighted by Crippen LogP contribution is -2.23. The minimum Gasteiger partial charge on any atom is -0.481 e. The molecule has 1 aromatic rings. The van der Waals surface area contributed by atoms with Crippen molar-refractivity contribution < 1.29 is 9.90 Å². The Balaban J connectivity index is 2.23. The molecule has 1 unspecified atom stereocenters. The summed E-state index contributed by atoms with van der Waals surface area (Å²) in [5.41, 5.74) is 2.34. The summed E-state index contributed by atoms with van der Waals surface area (Å²) in [6.07, 6.45) is 5.71. The molecule has 0 aliphatic heterocycles. The van der Waals surface area contributed by atoms with E-state index in [0.29, 0.717) is 5.92 Å². The molecule has 0 bridgehead atoms. The zero-order chi connectivity index (χ0) is 14.8. The predicted molar refractivity (Wildman–Crippen MR) is 82.1 cm³/mol. The van der Waals surface area contributed by atoms with E-state index in [4.69, 9.17) is 0 Å². The number of carboxylic acids is 1. The second-order valence-electron chi connectivity index (χ2n) is 7.09. The molecule has 0 amide bonds. The molecule has 1 aliphatic rings. The van der Waals surface area contributed by atoms with Crippen LogP contribution in [0.2, 0.25) is 0 Å². The van der Waals surface area contributed by atoms with Gasteiger partial charge in [0.15, 0.2) is 0 Å². The highest BCUT2D eigenvalue weighted by Crippen LogP contribution is 2.37. The van der Waals surface area contributed by atoms with E-state index in [1.165, 1.54) is 24.8 Å². The van der Waals surface area contributed by atoms with Gasteiger partial charge in [0.25, 0.3) is 0 Å². The Morgan fingerprint density at radius 3 is 2.10 bits per heavy atom. The van der Waals surface area contributed by atoms with Gasteiger partial charge in [-0.2, -0.15) is 0 Å². The van der Waals surface area contributed by atoms with E-state index in [0.717, 1.165) is 18.4 Å². The van der Waals surface area contributed by atoms with Gasteiger partial charge in [0, 0.05) is 0 Å². The molecule has 2 rings (SSSR count). The lowest BCUT2D eigenvalue weighted by atomic mass is 9.76. The Kier molecular flexibility index (Phi) is 4.52. The largest absolute Gasteiger partial charge is 0.481 e. The zero-order valence-electron chi connectivity index (χ0n) is 12.9. The highest BCUT2D eigenvalue weighted by Gasteiger charge is 2.30. The van der Waals surface area contributed by atoms with Gasteiger partial charge in [-0.05, 0) is 35.3 Å². The van der Waals surface area contributed by atoms with Gasteiger partial charge in [-0.3, -0.25) is 4.79 Å². The van der Waals surface area contributed by atoms with Crippen LogP contribution in [0.3, 0.4) is 0 Å². The third-order valence-electron chi connectivity index (χ3n) is 4.52. The van der Waals surface area contributed by atoms with Crippen molar-refractivity contribution in [3.63, 3.8) is 0 Å². The normalized spacial score (nSPS) is 18.8. The number of aliphatic carboxylic acids is 1. The van der Waals surface area contributed by atoms with E-state index < -0.39 is 5.97 Å². The lowest BCUT2D eigenvalue weighted by Gasteiger charge is -2.28. The molecule has 0 heterocycles. The Bertz CT molecular complexity index is 447. The van der Waals surface area contributed by atoms with Gasteiger partial charge in [0.05, 0.1) is 5.92 Å². The molecule has 0 saturated heterocycles. The Labute approximate surface area is 122 Å². The van der Waals surface area contributed by atoms with E-state index in [9.17, 15) is 9.90 Å². The highest BCUT2D eigenvalue weighted by molar-refractivity contribution is 5.76. The second-order valence-corrected chi connectivity index (χ2v) is 7.09. The van der Waals surface area contributed by atoms with Crippen molar-refractivity contribution in [1.29, 1.82) is 0 Å². The molecule has 1 N–H and O–H groups in total. The third kappa shape index (κ3) is 3.41. The summed E-state index contributed by atoms with van der Waals surface area (Å²) < 4.78 is 0. The molecule has 1 aromatic carbocycles. The van der Waals surface area contributed by atoms with Crippen LogP contribution in [0.5, 0.6) is 0 Å². The fraction of sp³-hybridized carbons (Fsp3) is 0.611. The lowest BCUT2D eigenvalue weighted by molar-refractivity contribution is -0.140. The van der Waals surface area contributed by atoms with Crippen molar-refractivity contribution in [2.75, 3.05) is 0 Å². The first kappa shape index (κ1) is 15.1. The number of rotatable bonds is 3. The monoisotopic (exact) mass is 274 g/mol. The van der Waals surface area contributed by atoms with Gasteiger partial charge >= 0.3 is 5.97 Å². The van der Waals surface area contributed by atoms with Crippen LogP contribution in [0.25, 0.3) is 0 Å². The number of carboxylic acid groups (broad SMARTS) is 1. The molecular weight excluding hydrogens is 248 g/mol. The fourth-order valence-corrected chi connectivity index (χ4v) is 3.27. The SMILES string of the molecule is CC(C)(C)c1ccc(C(C(=O)O)C2CCCCC2)cc1. The van der Waals surface area contributed by atoms with Crippen LogP contribution in [-0.4, -0.2) is 11.1 Å². The summed E-state index contributed by atoms with van der Waals surface area (Å²) >= 11 is 0. The maximum Gasteiger partial charge on any atom is 0.311 e. The number of hydrogen-bond acceptors (Lipinski definition) is 1. The van der Waals surface area contributed by atoms with Gasteiger partial charge in [0.2, 0.25) is 0 Å². The Hall–Kier alpha value is -1.31. The molecule has 0 aromatic heterocycles. The van der Waals surface area contributed by atoms with Crippen molar-refractivity contribution in [1.82, 2.24) is 0 Å². The van der Waals surface area contributed by atoms with E-state index in [1.807, 2.05) is 12.1 Å². The first-order chi connectivity index (χ1) is 9.39. The summed E-state index contributed by atoms with van der Waals surface area (Å²) in [6, 6.07) is 8.23. The first-order valence-electron chi connectivity index (χ1n) is 7.73. The van der Waals surface area contributed by atoms with Crippen LogP contribution in [0, 0.1) is 5.92 Å². The van der Waals surface area contributed by atoms with Crippen LogP contribution < -0.4 is 0 Å². The summed E-state index contributed by atoms with van der Waals surface area (Å²) in [4.78, 5) is 11.7. The minimum absolute atomic E-state index is 0.113. The van der Waals surface area contributed by atoms with E-state index in [1.54, 1.807) is 0 Å². The molecule has 0 radical (unpaired) electrons. The van der Waals surface area contributed by atoms with Gasteiger partial charge < -0.3 is 5.11 Å². The molecule has 1 fully saturated rings. The van der Waals surface area contributed by atoms with Crippen LogP contribution in [0.1, 0.15) is 69.9 Å². The van der Waals surface area contributed by atoms with Crippen LogP contribution in [0.15, 0.2) is 24.3 Å². The number of carbonyl (C=O) groups is 1. The average molecular weight is 274 g/mol. The van der Waals surface area contributed by atoms with Crippen LogP contribution >= 0.6 is 0 Å². The standard InChI is InChI=1S/C18H26O2/c1-18(2,3)15-11-9-14(10-12-15)16(17(19)20)13-7-5-4-6-8-13/h9-13,16H,4-8H2,1-3H3,(H,19,20). The molecule has 1 saturated carbocycles. The van der Waals surface area contributed by atoms with Crippen molar-refractivity contribution >= 4 is 5.97 Å². The van der Waals surface area contributed by atoms with Gasteiger partial charge in [-0.1, -0.05) is 64.3 Å². The second kappa shape index (κ2) is 5.99. The van der Waals surface area contributed by atoms with Crippen molar-refractivity contribution in [2.24, 2.45) is 5.92 Å². The van der Waals surface area contributed by atoms with Gasteiger partial charge in [0.1, 0.15) is 0 Å². The molecule has 1 atom stereocenters. The van der Waals surface area contributed by atoms with Crippen LogP contribution in [0.4, 0.5) is 0 Å². The zero-order valence-corrected chi connectivity index (χ0v) is 12.9. The molecule has 20 heavy (non-hydrogen) atoms. The number of hydrogen-bond donors (Lipinski definition) is 1. The van der Waals surface area contributed by atoms with Crippen molar-refractivity contribution in [2.45, 2.75) is 64.2 Å². The topological polar surface area (TPSA) is 37.3 Å². The summed E-state index contributed by atoms with van der Waals surface area (Å²) in [5, 5.41) is 9.61. The van der Waals surface area contributed by atoms with E-state index in [2.05, 4.69) is 32.9 Å². The maximum atomic E-state index is 11.7. The Morgan fingerprint density at radius 2 is 1.65 bits per heavy atom. The summed E-state index contributed by atoms with van der Waals surface area (Å²) in [6.45, 7) is 6.54. The highest BCUT2D eigenvalue weighted by atomic mass is 16.4. The number of benzene rings is 1. The van der Waals surface area contributed by atoms with Crippen LogP contribution in [-0.2, 0) is 10.2 Å². The average Bonchev–Trinajstić information content (AvgIpc) is 2.39. The molecule has 110 valence electrons. The van der Waals surface area contributed by atoms with Gasteiger partial charge in [-0.15, -0.1) is 0 Å². The van der Waals surface area contributed by atoms with Crippen molar-refractivity contribution in [3.05, 3.63) is 35.4 Å². The molecule has 2 heteroatoms. The first-order valence-corrected chi connectivity index (χ1v) is 7.73. The summed E-state index contributed by atoms with van der Waals surface area (Å²) in [7, 11) is 0. The molecule has 0 spiro atoms. The quantitative estimate of drug-likeness (QED) is 0.865. The minimum atomic E-state index is -0.666. The molecule has 2 nitrogen and oxygen atoms in total. The fourth-order valence-electron chi connectivity index (χ4n) is 3.27. The van der Waals surface area contributed by atoms with Gasteiger partial charge in [-0.25, -0.2) is 0 Å². The van der Waals surface area contributed by atoms with E-state index >= 15 is 0 Å². The molecular formula is C18H26O2. The smallest absolute Gasteiger partial charge is 0.311 e.